The van der Waals surface area contributed by atoms with Gasteiger partial charge in [-0.25, -0.2) is 4.79 Å². The molecule has 2 N–H and O–H groups in total. The number of nitrogens with one attached hydrogen (secondary N) is 2. The average molecular weight is 322 g/mol. The molecule has 0 saturated carbocycles. The van der Waals surface area contributed by atoms with Crippen LogP contribution in [0.2, 0.25) is 0 Å². The molecule has 1 aromatic carbocycles. The number of carbonyl (C=O) groups is 1. The van der Waals surface area contributed by atoms with Crippen molar-refractivity contribution in [2.75, 3.05) is 25.6 Å². The summed E-state index contributed by atoms with van der Waals surface area (Å²) in [5, 5.41) is 9.60. The fourth-order valence-electron chi connectivity index (χ4n) is 1.99. The van der Waals surface area contributed by atoms with E-state index in [0.717, 1.165) is 17.1 Å². The first kappa shape index (κ1) is 14.4. The number of urea groups is 1. The van der Waals surface area contributed by atoms with Crippen LogP contribution < -0.4 is 24.8 Å². The molecule has 2 heterocycles. The molecule has 0 radical (unpaired) electrons. The van der Waals surface area contributed by atoms with E-state index < -0.39 is 0 Å². The van der Waals surface area contributed by atoms with Gasteiger partial charge in [-0.3, -0.25) is 5.32 Å². The number of anilines is 1. The van der Waals surface area contributed by atoms with E-state index in [1.165, 1.54) is 6.20 Å². The second-order valence-electron chi connectivity index (χ2n) is 4.40. The number of rotatable bonds is 4. The number of amides is 2. The molecular weight excluding hydrogens is 308 g/mol. The first-order chi connectivity index (χ1) is 10.8. The van der Waals surface area contributed by atoms with Crippen LogP contribution in [0.5, 0.6) is 17.2 Å². The van der Waals surface area contributed by atoms with Crippen LogP contribution in [0.15, 0.2) is 18.3 Å². The number of benzene rings is 1. The monoisotopic (exact) mass is 322 g/mol. The van der Waals surface area contributed by atoms with Gasteiger partial charge in [0.1, 0.15) is 24.0 Å². The molecule has 0 saturated heterocycles. The predicted molar refractivity (Wildman–Crippen MR) is 79.8 cm³/mol. The highest BCUT2D eigenvalue weighted by Gasteiger charge is 2.16. The van der Waals surface area contributed by atoms with E-state index in [4.69, 9.17) is 14.2 Å². The number of ether oxygens (including phenoxy) is 3. The topological polar surface area (TPSA) is 94.6 Å². The smallest absolute Gasteiger partial charge is 0.320 e. The fraction of sp³-hybridized carbons (Fsp3) is 0.308. The molecule has 0 atom stereocenters. The zero-order chi connectivity index (χ0) is 15.4. The highest BCUT2D eigenvalue weighted by Crippen LogP contribution is 2.36. The van der Waals surface area contributed by atoms with Crippen molar-refractivity contribution < 1.29 is 19.0 Å². The summed E-state index contributed by atoms with van der Waals surface area (Å²) >= 11 is 1.10. The lowest BCUT2D eigenvalue weighted by molar-refractivity contribution is 0.170. The molecule has 0 fully saturated rings. The van der Waals surface area contributed by atoms with E-state index >= 15 is 0 Å². The zero-order valence-corrected chi connectivity index (χ0v) is 12.6. The molecule has 1 aliphatic rings. The molecule has 22 heavy (non-hydrogen) atoms. The van der Waals surface area contributed by atoms with E-state index in [9.17, 15) is 4.79 Å². The van der Waals surface area contributed by atoms with Gasteiger partial charge < -0.3 is 19.5 Å². The van der Waals surface area contributed by atoms with E-state index in [1.807, 2.05) is 6.07 Å². The Hall–Kier alpha value is -2.55. The molecule has 2 aromatic rings. The van der Waals surface area contributed by atoms with Gasteiger partial charge in [-0.15, -0.1) is 5.10 Å². The minimum absolute atomic E-state index is 0.290. The molecule has 3 rings (SSSR count). The second-order valence-corrected chi connectivity index (χ2v) is 5.18. The van der Waals surface area contributed by atoms with Gasteiger partial charge in [0.15, 0.2) is 11.5 Å². The molecule has 9 heteroatoms. The van der Waals surface area contributed by atoms with Gasteiger partial charge in [0.05, 0.1) is 13.3 Å². The lowest BCUT2D eigenvalue weighted by atomic mass is 10.1. The van der Waals surface area contributed by atoms with Gasteiger partial charge in [0.2, 0.25) is 0 Å². The van der Waals surface area contributed by atoms with Crippen LogP contribution in [-0.4, -0.2) is 35.9 Å². The third-order valence-electron chi connectivity index (χ3n) is 2.98. The Morgan fingerprint density at radius 2 is 2.14 bits per heavy atom. The molecule has 8 nitrogen and oxygen atoms in total. The van der Waals surface area contributed by atoms with Crippen molar-refractivity contribution in [1.29, 1.82) is 0 Å². The first-order valence-electron chi connectivity index (χ1n) is 6.55. The standard InChI is InChI=1S/C13H14N4O4S/c1-19-9-5-11-10(20-2-3-21-11)4-8(9)6-14-13(18)16-12-7-15-17-22-12/h4-5,7H,2-3,6H2,1H3,(H2,14,16,18). The largest absolute Gasteiger partial charge is 0.496 e. The highest BCUT2D eigenvalue weighted by molar-refractivity contribution is 7.10. The van der Waals surface area contributed by atoms with E-state index in [2.05, 4.69) is 20.2 Å². The third kappa shape index (κ3) is 3.19. The average Bonchev–Trinajstić information content (AvgIpc) is 3.04. The van der Waals surface area contributed by atoms with Gasteiger partial charge >= 0.3 is 6.03 Å². The van der Waals surface area contributed by atoms with Crippen LogP contribution >= 0.6 is 11.5 Å². The minimum atomic E-state index is -0.344. The molecule has 1 aliphatic heterocycles. The SMILES string of the molecule is COc1cc2c(cc1CNC(=O)Nc1cnns1)OCCO2. The molecular formula is C13H14N4O4S. The quantitative estimate of drug-likeness (QED) is 0.888. The number of aromatic nitrogens is 2. The van der Waals surface area contributed by atoms with Gasteiger partial charge in [-0.1, -0.05) is 4.49 Å². The molecule has 1 aromatic heterocycles. The Morgan fingerprint density at radius 1 is 1.36 bits per heavy atom. The van der Waals surface area contributed by atoms with Crippen LogP contribution in [-0.2, 0) is 6.54 Å². The number of fused-ring (bicyclic) bond motifs is 1. The molecule has 0 spiro atoms. The van der Waals surface area contributed by atoms with Gasteiger partial charge in [-0.05, 0) is 6.07 Å². The number of hydrogen-bond acceptors (Lipinski definition) is 7. The normalized spacial score (nSPS) is 12.6. The van der Waals surface area contributed by atoms with E-state index in [-0.39, 0.29) is 12.6 Å². The number of carbonyl (C=O) groups excluding carboxylic acids is 1. The van der Waals surface area contributed by atoms with Crippen molar-refractivity contribution in [2.24, 2.45) is 0 Å². The Labute approximate surface area is 130 Å². The maximum atomic E-state index is 11.8. The molecule has 0 unspecified atom stereocenters. The number of nitrogens with zero attached hydrogens (tertiary/aromatic N) is 2. The van der Waals surface area contributed by atoms with Gasteiger partial charge in [0.25, 0.3) is 0 Å². The maximum absolute atomic E-state index is 11.8. The van der Waals surface area contributed by atoms with Gasteiger partial charge in [0, 0.05) is 29.7 Å². The molecule has 0 aliphatic carbocycles. The summed E-state index contributed by atoms with van der Waals surface area (Å²) in [7, 11) is 1.57. The molecule has 2 amide bonds. The summed E-state index contributed by atoms with van der Waals surface area (Å²) in [5.74, 6) is 1.92. The summed E-state index contributed by atoms with van der Waals surface area (Å²) in [6.07, 6.45) is 1.48. The minimum Gasteiger partial charge on any atom is -0.496 e. The van der Waals surface area contributed by atoms with Crippen LogP contribution in [0.4, 0.5) is 9.80 Å². The predicted octanol–water partition coefficient (Wildman–Crippen LogP) is 1.64. The first-order valence-corrected chi connectivity index (χ1v) is 7.32. The van der Waals surface area contributed by atoms with Crippen molar-refractivity contribution >= 4 is 22.6 Å². The van der Waals surface area contributed by atoms with E-state index in [0.29, 0.717) is 35.5 Å². The lowest BCUT2D eigenvalue weighted by Gasteiger charge is -2.20. The summed E-state index contributed by atoms with van der Waals surface area (Å²) < 4.78 is 20.0. The summed E-state index contributed by atoms with van der Waals surface area (Å²) in [5.41, 5.74) is 0.796. The van der Waals surface area contributed by atoms with Crippen LogP contribution in [0, 0.1) is 0 Å². The van der Waals surface area contributed by atoms with Crippen molar-refractivity contribution in [2.45, 2.75) is 6.54 Å². The summed E-state index contributed by atoms with van der Waals surface area (Å²) in [6, 6.07) is 3.22. The maximum Gasteiger partial charge on any atom is 0.320 e. The summed E-state index contributed by atoms with van der Waals surface area (Å²) in [4.78, 5) is 11.8. The van der Waals surface area contributed by atoms with Crippen LogP contribution in [0.1, 0.15) is 5.56 Å². The highest BCUT2D eigenvalue weighted by atomic mass is 32.1. The third-order valence-corrected chi connectivity index (χ3v) is 3.56. The van der Waals surface area contributed by atoms with E-state index in [1.54, 1.807) is 13.2 Å². The number of hydrogen-bond donors (Lipinski definition) is 2. The lowest BCUT2D eigenvalue weighted by Crippen LogP contribution is -2.28. The number of methoxy groups -OCH3 is 1. The van der Waals surface area contributed by atoms with Crippen molar-refractivity contribution in [3.8, 4) is 17.2 Å². The van der Waals surface area contributed by atoms with Crippen LogP contribution in [0.25, 0.3) is 0 Å². The Bertz CT molecular complexity index is 662. The second kappa shape index (κ2) is 6.48. The van der Waals surface area contributed by atoms with Crippen molar-refractivity contribution in [3.05, 3.63) is 23.9 Å². The Kier molecular flexibility index (Phi) is 4.24. The Balaban J connectivity index is 1.67. The summed E-state index contributed by atoms with van der Waals surface area (Å²) in [6.45, 7) is 1.31. The molecule has 0 bridgehead atoms. The zero-order valence-electron chi connectivity index (χ0n) is 11.8. The fourth-order valence-corrected chi connectivity index (χ4v) is 2.41. The van der Waals surface area contributed by atoms with Crippen LogP contribution in [0.3, 0.4) is 0 Å². The van der Waals surface area contributed by atoms with Crippen molar-refractivity contribution in [3.63, 3.8) is 0 Å². The van der Waals surface area contributed by atoms with Gasteiger partial charge in [-0.2, -0.15) is 0 Å². The Morgan fingerprint density at radius 3 is 2.82 bits per heavy atom. The van der Waals surface area contributed by atoms with Crippen molar-refractivity contribution in [1.82, 2.24) is 14.9 Å². The molecule has 116 valence electrons.